The molecule has 1 fully saturated rings. The van der Waals surface area contributed by atoms with Gasteiger partial charge in [-0.2, -0.15) is 0 Å². The third kappa shape index (κ3) is 1.88. The molecule has 3 rings (SSSR count). The van der Waals surface area contributed by atoms with Crippen LogP contribution in [0.1, 0.15) is 37.7 Å². The monoisotopic (exact) mass is 279 g/mol. The second kappa shape index (κ2) is 4.40. The van der Waals surface area contributed by atoms with E-state index in [1.54, 1.807) is 0 Å². The first-order valence-corrected chi connectivity index (χ1v) is 7.19. The number of halogens is 1. The molecule has 1 nitrogen and oxygen atoms in total. The second-order valence-corrected chi connectivity index (χ2v) is 5.92. The predicted octanol–water partition coefficient (Wildman–Crippen LogP) is 4.14. The lowest BCUT2D eigenvalue weighted by Gasteiger charge is -2.36. The zero-order valence-electron chi connectivity index (χ0n) is 9.58. The maximum Gasteiger partial charge on any atom is 0.0402 e. The van der Waals surface area contributed by atoms with Crippen molar-refractivity contribution in [1.82, 2.24) is 0 Å². The summed E-state index contributed by atoms with van der Waals surface area (Å²) in [6.45, 7) is 1.26. The predicted molar refractivity (Wildman–Crippen MR) is 72.1 cm³/mol. The van der Waals surface area contributed by atoms with Crippen LogP contribution in [0.3, 0.4) is 0 Å². The normalized spacial score (nSPS) is 21.2. The Kier molecular flexibility index (Phi) is 2.93. The van der Waals surface area contributed by atoms with Gasteiger partial charge in [-0.15, -0.1) is 0 Å². The lowest BCUT2D eigenvalue weighted by Crippen LogP contribution is -2.37. The van der Waals surface area contributed by atoms with E-state index in [-0.39, 0.29) is 0 Å². The minimum absolute atomic E-state index is 0.820. The number of fused-ring (bicyclic) bond motifs is 1. The van der Waals surface area contributed by atoms with E-state index >= 15 is 0 Å². The standard InChI is InChI=1S/C14H18BrN/c15-12-7-8-14-11(10-12)4-3-9-16(14)13-5-1-2-6-13/h7-8,10,13H,1-6,9H2. The highest BCUT2D eigenvalue weighted by Gasteiger charge is 2.26. The van der Waals surface area contributed by atoms with Crippen LogP contribution >= 0.6 is 15.9 Å². The molecular formula is C14H18BrN. The SMILES string of the molecule is Brc1ccc2c(c1)CCCN2C1CCCC1. The van der Waals surface area contributed by atoms with E-state index in [0.29, 0.717) is 0 Å². The molecule has 0 radical (unpaired) electrons. The number of hydrogen-bond acceptors (Lipinski definition) is 1. The molecule has 0 unspecified atom stereocenters. The molecule has 0 saturated heterocycles. The lowest BCUT2D eigenvalue weighted by molar-refractivity contribution is 0.571. The highest BCUT2D eigenvalue weighted by atomic mass is 79.9. The average molecular weight is 280 g/mol. The zero-order valence-corrected chi connectivity index (χ0v) is 11.2. The van der Waals surface area contributed by atoms with Gasteiger partial charge < -0.3 is 4.90 Å². The maximum atomic E-state index is 3.58. The molecule has 0 N–H and O–H groups in total. The molecule has 2 heteroatoms. The van der Waals surface area contributed by atoms with Crippen LogP contribution < -0.4 is 4.90 Å². The summed E-state index contributed by atoms with van der Waals surface area (Å²) >= 11 is 3.58. The Labute approximate surface area is 106 Å². The molecule has 1 heterocycles. The largest absolute Gasteiger partial charge is 0.368 e. The smallest absolute Gasteiger partial charge is 0.0402 e. The number of hydrogen-bond donors (Lipinski definition) is 0. The fourth-order valence-corrected chi connectivity index (χ4v) is 3.60. The maximum absolute atomic E-state index is 3.58. The summed E-state index contributed by atoms with van der Waals surface area (Å²) < 4.78 is 1.22. The highest BCUT2D eigenvalue weighted by molar-refractivity contribution is 9.10. The van der Waals surface area contributed by atoms with Crippen molar-refractivity contribution in [2.75, 3.05) is 11.4 Å². The van der Waals surface area contributed by atoms with Gasteiger partial charge in [0.2, 0.25) is 0 Å². The number of rotatable bonds is 1. The molecule has 0 amide bonds. The van der Waals surface area contributed by atoms with Crippen LogP contribution in [-0.2, 0) is 6.42 Å². The summed E-state index contributed by atoms with van der Waals surface area (Å²) in [5.74, 6) is 0. The minimum Gasteiger partial charge on any atom is -0.368 e. The molecule has 1 aliphatic heterocycles. The van der Waals surface area contributed by atoms with Crippen molar-refractivity contribution in [2.24, 2.45) is 0 Å². The van der Waals surface area contributed by atoms with E-state index < -0.39 is 0 Å². The van der Waals surface area contributed by atoms with Gasteiger partial charge in [-0.05, 0) is 49.4 Å². The quantitative estimate of drug-likeness (QED) is 0.747. The molecule has 1 aromatic rings. The number of anilines is 1. The van der Waals surface area contributed by atoms with Crippen LogP contribution in [0.25, 0.3) is 0 Å². The Bertz CT molecular complexity index is 382. The van der Waals surface area contributed by atoms with Crippen molar-refractivity contribution >= 4 is 21.6 Å². The molecule has 16 heavy (non-hydrogen) atoms. The van der Waals surface area contributed by atoms with Gasteiger partial charge in [0.05, 0.1) is 0 Å². The number of nitrogens with zero attached hydrogens (tertiary/aromatic N) is 1. The molecule has 0 atom stereocenters. The summed E-state index contributed by atoms with van der Waals surface area (Å²) in [5, 5.41) is 0. The first kappa shape index (κ1) is 10.6. The van der Waals surface area contributed by atoms with Crippen LogP contribution in [0, 0.1) is 0 Å². The zero-order chi connectivity index (χ0) is 11.0. The van der Waals surface area contributed by atoms with Crippen molar-refractivity contribution in [2.45, 2.75) is 44.6 Å². The number of aryl methyl sites for hydroxylation is 1. The molecule has 0 aromatic heterocycles. The molecule has 2 aliphatic rings. The van der Waals surface area contributed by atoms with Gasteiger partial charge in [-0.3, -0.25) is 0 Å². The molecule has 0 bridgehead atoms. The molecule has 0 spiro atoms. The van der Waals surface area contributed by atoms with Crippen LogP contribution in [0.4, 0.5) is 5.69 Å². The van der Waals surface area contributed by atoms with Crippen LogP contribution in [0.15, 0.2) is 22.7 Å². The number of benzene rings is 1. The summed E-state index contributed by atoms with van der Waals surface area (Å²) in [6, 6.07) is 7.61. The van der Waals surface area contributed by atoms with E-state index in [0.717, 1.165) is 6.04 Å². The van der Waals surface area contributed by atoms with Crippen molar-refractivity contribution < 1.29 is 0 Å². The second-order valence-electron chi connectivity index (χ2n) is 5.01. The molecular weight excluding hydrogens is 262 g/mol. The van der Waals surface area contributed by atoms with E-state index in [9.17, 15) is 0 Å². The van der Waals surface area contributed by atoms with Crippen LogP contribution in [0.5, 0.6) is 0 Å². The van der Waals surface area contributed by atoms with E-state index in [1.807, 2.05) is 0 Å². The first-order valence-electron chi connectivity index (χ1n) is 6.40. The summed E-state index contributed by atoms with van der Waals surface area (Å²) in [7, 11) is 0. The van der Waals surface area contributed by atoms with Crippen LogP contribution in [-0.4, -0.2) is 12.6 Å². The first-order chi connectivity index (χ1) is 7.84. The minimum atomic E-state index is 0.820. The lowest BCUT2D eigenvalue weighted by atomic mass is 9.99. The van der Waals surface area contributed by atoms with Gasteiger partial charge in [0.15, 0.2) is 0 Å². The van der Waals surface area contributed by atoms with Gasteiger partial charge in [0.25, 0.3) is 0 Å². The van der Waals surface area contributed by atoms with Crippen LogP contribution in [0.2, 0.25) is 0 Å². The molecule has 1 aliphatic carbocycles. The summed E-state index contributed by atoms with van der Waals surface area (Å²) in [6.07, 6.45) is 8.21. The Morgan fingerprint density at radius 1 is 1.12 bits per heavy atom. The van der Waals surface area contributed by atoms with Crippen molar-refractivity contribution in [3.63, 3.8) is 0 Å². The Hall–Kier alpha value is -0.500. The summed E-state index contributed by atoms with van der Waals surface area (Å²) in [4.78, 5) is 2.66. The highest BCUT2D eigenvalue weighted by Crippen LogP contribution is 2.35. The fourth-order valence-electron chi connectivity index (χ4n) is 3.19. The summed E-state index contributed by atoms with van der Waals surface area (Å²) in [5.41, 5.74) is 3.04. The Morgan fingerprint density at radius 3 is 2.75 bits per heavy atom. The topological polar surface area (TPSA) is 3.24 Å². The Balaban J connectivity index is 1.93. The van der Waals surface area contributed by atoms with Gasteiger partial charge in [0.1, 0.15) is 0 Å². The average Bonchev–Trinajstić information content (AvgIpc) is 2.81. The van der Waals surface area contributed by atoms with Gasteiger partial charge in [0, 0.05) is 22.7 Å². The molecule has 1 saturated carbocycles. The van der Waals surface area contributed by atoms with Gasteiger partial charge >= 0.3 is 0 Å². The van der Waals surface area contributed by atoms with E-state index in [4.69, 9.17) is 0 Å². The van der Waals surface area contributed by atoms with Gasteiger partial charge in [-0.25, -0.2) is 0 Å². The fraction of sp³-hybridized carbons (Fsp3) is 0.571. The van der Waals surface area contributed by atoms with Crippen molar-refractivity contribution in [3.05, 3.63) is 28.2 Å². The van der Waals surface area contributed by atoms with Crippen molar-refractivity contribution in [1.29, 1.82) is 0 Å². The third-order valence-electron chi connectivity index (χ3n) is 3.96. The van der Waals surface area contributed by atoms with E-state index in [2.05, 4.69) is 39.0 Å². The third-order valence-corrected chi connectivity index (χ3v) is 4.45. The molecule has 86 valence electrons. The Morgan fingerprint density at radius 2 is 1.94 bits per heavy atom. The van der Waals surface area contributed by atoms with E-state index in [1.165, 1.54) is 60.8 Å². The molecule has 1 aromatic carbocycles. The van der Waals surface area contributed by atoms with Crippen molar-refractivity contribution in [3.8, 4) is 0 Å². The van der Waals surface area contributed by atoms with Gasteiger partial charge in [-0.1, -0.05) is 28.8 Å².